The molecule has 0 saturated heterocycles. The van der Waals surface area contributed by atoms with Crippen LogP contribution in [0.2, 0.25) is 0 Å². The van der Waals surface area contributed by atoms with E-state index in [9.17, 15) is 0 Å². The van der Waals surface area contributed by atoms with Crippen LogP contribution >= 0.6 is 0 Å². The molecule has 0 spiro atoms. The molecule has 0 fully saturated rings. The number of aryl methyl sites for hydroxylation is 3. The zero-order valence-electron chi connectivity index (χ0n) is 34.4. The monoisotopic (exact) mass is 930 g/mol. The fourth-order valence-corrected chi connectivity index (χ4v) is 7.84. The smallest absolute Gasteiger partial charge is 0.503 e. The van der Waals surface area contributed by atoms with E-state index in [2.05, 4.69) is 158 Å². The van der Waals surface area contributed by atoms with Gasteiger partial charge in [0.2, 0.25) is 0 Å². The maximum absolute atomic E-state index is 6.52. The Morgan fingerprint density at radius 3 is 2.16 bits per heavy atom. The van der Waals surface area contributed by atoms with Gasteiger partial charge >= 0.3 is 21.1 Å². The van der Waals surface area contributed by atoms with E-state index in [-0.39, 0.29) is 32.4 Å². The van der Waals surface area contributed by atoms with E-state index in [1.807, 2.05) is 35.1 Å². The molecule has 0 N–H and O–H groups in total. The van der Waals surface area contributed by atoms with Gasteiger partial charge < -0.3 is 9.30 Å². The molecule has 290 valence electrons. The molecule has 0 aliphatic heterocycles. The maximum atomic E-state index is 6.52. The molecule has 0 aliphatic carbocycles. The minimum absolute atomic E-state index is 0. The Hall–Kier alpha value is -5.32. The molecule has 0 atom stereocenters. The number of hydrogen-bond acceptors (Lipinski definition) is 4. The van der Waals surface area contributed by atoms with Gasteiger partial charge in [0.1, 0.15) is 12.1 Å². The van der Waals surface area contributed by atoms with Gasteiger partial charge in [-0.15, -0.1) is 41.3 Å². The van der Waals surface area contributed by atoms with Crippen molar-refractivity contribution in [2.24, 2.45) is 0 Å². The van der Waals surface area contributed by atoms with Gasteiger partial charge in [0, 0.05) is 28.8 Å². The van der Waals surface area contributed by atoms with Crippen LogP contribution in [0.4, 0.5) is 0 Å². The van der Waals surface area contributed by atoms with E-state index < -0.39 is 0 Å². The number of hydrogen-bond donors (Lipinski definition) is 0. The molecule has 7 heteroatoms. The van der Waals surface area contributed by atoms with Gasteiger partial charge in [-0.05, 0) is 88.9 Å². The molecule has 0 unspecified atom stereocenters. The number of benzene rings is 5. The van der Waals surface area contributed by atoms with Gasteiger partial charge in [0.05, 0.1) is 11.5 Å². The van der Waals surface area contributed by atoms with E-state index in [0.29, 0.717) is 23.2 Å². The van der Waals surface area contributed by atoms with Crippen molar-refractivity contribution in [3.8, 4) is 45.5 Å². The normalized spacial score (nSPS) is 11.9. The van der Waals surface area contributed by atoms with Crippen molar-refractivity contribution in [2.75, 3.05) is 0 Å². The molecule has 3 aromatic heterocycles. The predicted octanol–water partition coefficient (Wildman–Crippen LogP) is 13.0. The average Bonchev–Trinajstić information content (AvgIpc) is 3.77. The molecule has 3 heterocycles. The third kappa shape index (κ3) is 7.73. The fraction of sp³-hybridized carbons (Fsp3) is 0.260. The van der Waals surface area contributed by atoms with E-state index in [0.717, 1.165) is 55.6 Å². The molecule has 0 saturated carbocycles. The average molecular weight is 931 g/mol. The molecule has 0 radical (unpaired) electrons. The summed E-state index contributed by atoms with van der Waals surface area (Å²) >= 11 is 0. The summed E-state index contributed by atoms with van der Waals surface area (Å²) in [6.07, 6.45) is 3.81. The van der Waals surface area contributed by atoms with Crippen molar-refractivity contribution in [3.63, 3.8) is 0 Å². The minimum Gasteiger partial charge on any atom is -0.503 e. The number of pyridine rings is 1. The Balaban J connectivity index is 0.00000496. The predicted molar refractivity (Wildman–Crippen MR) is 230 cm³/mol. The quantitative estimate of drug-likeness (QED) is 0.142. The van der Waals surface area contributed by atoms with Gasteiger partial charge in [-0.25, -0.2) is 9.67 Å². The van der Waals surface area contributed by atoms with Crippen molar-refractivity contribution in [2.45, 2.75) is 86.5 Å². The Morgan fingerprint density at radius 1 is 0.719 bits per heavy atom. The third-order valence-electron chi connectivity index (χ3n) is 10.7. The van der Waals surface area contributed by atoms with Crippen LogP contribution in [-0.2, 0) is 26.5 Å². The summed E-state index contributed by atoms with van der Waals surface area (Å²) in [6, 6.07) is 39.2. The first kappa shape index (κ1) is 39.9. The minimum atomic E-state index is -0.0292. The van der Waals surface area contributed by atoms with E-state index in [1.165, 1.54) is 27.8 Å². The molecular weight excluding hydrogens is 882 g/mol. The molecule has 57 heavy (non-hydrogen) atoms. The van der Waals surface area contributed by atoms with Gasteiger partial charge in [-0.1, -0.05) is 114 Å². The zero-order chi connectivity index (χ0) is 39.5. The summed E-state index contributed by atoms with van der Waals surface area (Å²) < 4.78 is 10.6. The molecule has 8 aromatic rings. The van der Waals surface area contributed by atoms with Crippen molar-refractivity contribution >= 4 is 21.8 Å². The van der Waals surface area contributed by atoms with Crippen molar-refractivity contribution < 1.29 is 25.8 Å². The summed E-state index contributed by atoms with van der Waals surface area (Å²) in [6.45, 7) is 22.1. The molecule has 0 amide bonds. The first-order valence-electron chi connectivity index (χ1n) is 19.6. The first-order chi connectivity index (χ1) is 26.7. The summed E-state index contributed by atoms with van der Waals surface area (Å²) in [7, 11) is 0. The number of aromatic nitrogens is 5. The second-order valence-corrected chi connectivity index (χ2v) is 16.8. The van der Waals surface area contributed by atoms with Gasteiger partial charge in [-0.3, -0.25) is 4.98 Å². The van der Waals surface area contributed by atoms with Crippen LogP contribution in [-0.4, -0.2) is 24.3 Å². The number of rotatable bonds is 8. The molecule has 0 bridgehead atoms. The van der Waals surface area contributed by atoms with Gasteiger partial charge in [0.15, 0.2) is 0 Å². The second kappa shape index (κ2) is 15.6. The Morgan fingerprint density at radius 2 is 1.44 bits per heavy atom. The van der Waals surface area contributed by atoms with Crippen LogP contribution in [0, 0.1) is 32.9 Å². The molecular formula is C50H49N5OPt. The van der Waals surface area contributed by atoms with Gasteiger partial charge in [0.25, 0.3) is 0 Å². The van der Waals surface area contributed by atoms with Crippen LogP contribution < -0.4 is 4.74 Å². The van der Waals surface area contributed by atoms with E-state index in [4.69, 9.17) is 14.8 Å². The van der Waals surface area contributed by atoms with Gasteiger partial charge in [-0.2, -0.15) is 11.2 Å². The zero-order valence-corrected chi connectivity index (χ0v) is 36.7. The molecule has 8 rings (SSSR count). The summed E-state index contributed by atoms with van der Waals surface area (Å²) in [5.41, 5.74) is 13.5. The van der Waals surface area contributed by atoms with E-state index >= 15 is 0 Å². The van der Waals surface area contributed by atoms with Crippen molar-refractivity contribution in [3.05, 3.63) is 149 Å². The Bertz CT molecular complexity index is 2740. The summed E-state index contributed by atoms with van der Waals surface area (Å²) in [5, 5.41) is 7.07. The third-order valence-corrected chi connectivity index (χ3v) is 10.7. The van der Waals surface area contributed by atoms with E-state index in [1.54, 1.807) is 6.33 Å². The van der Waals surface area contributed by atoms with Crippen molar-refractivity contribution in [1.29, 1.82) is 0 Å². The number of nitrogens with zero attached hydrogens (tertiary/aromatic N) is 5. The standard InChI is InChI=1S/C50H49N5O.Pt/c1-30(2)35-13-11-14-36(23-35)44-28-51-47(27-43(44)31(3)4)55-45-25-38(50(8,9)10)17-19-41(45)42-20-18-40(26-46(42)55)56-39-16-12-15-37(24-39)49-52-29-54(53-49)48-33(6)21-32(5)22-34(48)7;/h11-23,25,27-31H,1-10H3;/q-2;+2. The van der Waals surface area contributed by atoms with Crippen LogP contribution in [0.5, 0.6) is 11.5 Å². The van der Waals surface area contributed by atoms with Crippen LogP contribution in [0.15, 0.2) is 104 Å². The Labute approximate surface area is 351 Å². The van der Waals surface area contributed by atoms with Crippen LogP contribution in [0.25, 0.3) is 55.8 Å². The molecule has 6 nitrogen and oxygen atoms in total. The second-order valence-electron chi connectivity index (χ2n) is 16.8. The first-order valence-corrected chi connectivity index (χ1v) is 19.6. The van der Waals surface area contributed by atoms with Crippen molar-refractivity contribution in [1.82, 2.24) is 24.3 Å². The fourth-order valence-electron chi connectivity index (χ4n) is 7.84. The molecule has 5 aromatic carbocycles. The van der Waals surface area contributed by atoms with Crippen LogP contribution in [0.1, 0.15) is 93.7 Å². The Kier molecular flexibility index (Phi) is 10.9. The molecule has 0 aliphatic rings. The largest absolute Gasteiger partial charge is 2.00 e. The number of ether oxygens (including phenoxy) is 1. The number of fused-ring (bicyclic) bond motifs is 3. The SMILES string of the molecule is Cc1cc(C)c(-n2cnc(-c3[c-]c(Oc4[c-]c5c(cc4)c4ccc(C(C)(C)C)cc4n5-c4cc(C(C)C)c(-c5cccc(C(C)C)c5)cn4)ccc3)n2)c(C)c1.[Pt+2]. The maximum Gasteiger partial charge on any atom is 2.00 e. The topological polar surface area (TPSA) is 57.8 Å². The summed E-state index contributed by atoms with van der Waals surface area (Å²) in [5.74, 6) is 3.30. The summed E-state index contributed by atoms with van der Waals surface area (Å²) in [4.78, 5) is 9.84. The van der Waals surface area contributed by atoms with Crippen LogP contribution in [0.3, 0.4) is 0 Å².